The van der Waals surface area contributed by atoms with Crippen LogP contribution in [0.25, 0.3) is 0 Å². The van der Waals surface area contributed by atoms with E-state index in [1.165, 1.54) is 6.33 Å². The lowest BCUT2D eigenvalue weighted by molar-refractivity contribution is 0.0926. The fourth-order valence-corrected chi connectivity index (χ4v) is 3.23. The average molecular weight is 371 g/mol. The first-order chi connectivity index (χ1) is 12.5. The van der Waals surface area contributed by atoms with Crippen LogP contribution < -0.4 is 10.2 Å². The second-order valence-electron chi connectivity index (χ2n) is 6.28. The number of carbonyl (C=O) groups excluding carboxylic acids is 1. The van der Waals surface area contributed by atoms with Crippen LogP contribution in [0.2, 0.25) is 5.02 Å². The van der Waals surface area contributed by atoms with Crippen LogP contribution >= 0.6 is 11.6 Å². The predicted octanol–water partition coefficient (Wildman–Crippen LogP) is 2.41. The molecule has 0 aliphatic carbocycles. The Bertz CT molecular complexity index is 856. The zero-order valence-corrected chi connectivity index (χ0v) is 15.4. The SMILES string of the molecule is Cc1nc(N2CCC(NC(=O)c3ccncn3)CC2)c(C#N)c(C)c1Cl. The molecule has 0 atom stereocenters. The van der Waals surface area contributed by atoms with Crippen LogP contribution in [-0.4, -0.2) is 40.0 Å². The summed E-state index contributed by atoms with van der Waals surface area (Å²) < 4.78 is 0. The standard InChI is InChI=1S/C18H19ClN6O/c1-11-14(9-20)17(23-12(2)16(11)19)25-7-4-13(5-8-25)24-18(26)15-3-6-21-10-22-15/h3,6,10,13H,4-5,7-8H2,1-2H3,(H,24,26). The first kappa shape index (κ1) is 18.1. The molecule has 0 unspecified atom stereocenters. The summed E-state index contributed by atoms with van der Waals surface area (Å²) in [5.74, 6) is 0.479. The summed E-state index contributed by atoms with van der Waals surface area (Å²) in [5.41, 5.74) is 2.36. The topological polar surface area (TPSA) is 94.8 Å². The van der Waals surface area contributed by atoms with Crippen molar-refractivity contribution in [2.24, 2.45) is 0 Å². The van der Waals surface area contributed by atoms with E-state index in [0.29, 0.717) is 35.2 Å². The Morgan fingerprint density at radius 3 is 2.73 bits per heavy atom. The van der Waals surface area contributed by atoms with E-state index < -0.39 is 0 Å². The number of nitrogens with one attached hydrogen (secondary N) is 1. The summed E-state index contributed by atoms with van der Waals surface area (Å²) in [6.07, 6.45) is 4.44. The van der Waals surface area contributed by atoms with Gasteiger partial charge in [0.25, 0.3) is 5.91 Å². The number of rotatable bonds is 3. The van der Waals surface area contributed by atoms with Gasteiger partial charge in [0.05, 0.1) is 16.3 Å². The van der Waals surface area contributed by atoms with E-state index in [1.54, 1.807) is 12.3 Å². The van der Waals surface area contributed by atoms with Gasteiger partial charge in [-0.05, 0) is 38.3 Å². The molecule has 1 saturated heterocycles. The maximum atomic E-state index is 12.2. The largest absolute Gasteiger partial charge is 0.355 e. The van der Waals surface area contributed by atoms with Crippen molar-refractivity contribution in [3.63, 3.8) is 0 Å². The number of hydrogen-bond donors (Lipinski definition) is 1. The van der Waals surface area contributed by atoms with E-state index in [4.69, 9.17) is 11.6 Å². The van der Waals surface area contributed by atoms with Gasteiger partial charge in [-0.25, -0.2) is 15.0 Å². The first-order valence-electron chi connectivity index (χ1n) is 8.40. The molecule has 1 N–H and O–H groups in total. The van der Waals surface area contributed by atoms with Gasteiger partial charge in [0.2, 0.25) is 0 Å². The monoisotopic (exact) mass is 370 g/mol. The van der Waals surface area contributed by atoms with Crippen LogP contribution in [0.1, 0.15) is 40.2 Å². The second-order valence-corrected chi connectivity index (χ2v) is 6.65. The number of hydrogen-bond acceptors (Lipinski definition) is 6. The molecular weight excluding hydrogens is 352 g/mol. The van der Waals surface area contributed by atoms with Gasteiger partial charge in [0.1, 0.15) is 23.9 Å². The number of nitriles is 1. The van der Waals surface area contributed by atoms with Crippen LogP contribution in [0, 0.1) is 25.2 Å². The smallest absolute Gasteiger partial charge is 0.270 e. The summed E-state index contributed by atoms with van der Waals surface area (Å²) in [5, 5.41) is 13.0. The fourth-order valence-electron chi connectivity index (χ4n) is 3.10. The van der Waals surface area contributed by atoms with E-state index in [1.807, 2.05) is 13.8 Å². The van der Waals surface area contributed by atoms with Crippen molar-refractivity contribution in [1.82, 2.24) is 20.3 Å². The lowest BCUT2D eigenvalue weighted by Gasteiger charge is -2.34. The molecule has 0 radical (unpaired) electrons. The summed E-state index contributed by atoms with van der Waals surface area (Å²) in [6.45, 7) is 5.09. The number of pyridine rings is 1. The summed E-state index contributed by atoms with van der Waals surface area (Å²) in [7, 11) is 0. The fraction of sp³-hybridized carbons (Fsp3) is 0.389. The number of halogens is 1. The van der Waals surface area contributed by atoms with Crippen molar-refractivity contribution in [3.8, 4) is 6.07 Å². The highest BCUT2D eigenvalue weighted by Crippen LogP contribution is 2.30. The van der Waals surface area contributed by atoms with Gasteiger partial charge >= 0.3 is 0 Å². The number of anilines is 1. The first-order valence-corrected chi connectivity index (χ1v) is 8.77. The van der Waals surface area contributed by atoms with E-state index in [0.717, 1.165) is 24.1 Å². The Hall–Kier alpha value is -2.72. The number of amides is 1. The lowest BCUT2D eigenvalue weighted by atomic mass is 10.0. The summed E-state index contributed by atoms with van der Waals surface area (Å²) in [4.78, 5) is 26.6. The Kier molecular flexibility index (Phi) is 5.33. The number of piperidine rings is 1. The van der Waals surface area contributed by atoms with Gasteiger partial charge < -0.3 is 10.2 Å². The molecule has 0 bridgehead atoms. The normalized spacial score (nSPS) is 14.8. The van der Waals surface area contributed by atoms with Gasteiger partial charge in [-0.15, -0.1) is 0 Å². The molecule has 3 heterocycles. The number of aryl methyl sites for hydroxylation is 1. The predicted molar refractivity (Wildman–Crippen MR) is 98.2 cm³/mol. The molecule has 1 fully saturated rings. The van der Waals surface area contributed by atoms with Gasteiger partial charge in [0, 0.05) is 25.3 Å². The van der Waals surface area contributed by atoms with Crippen LogP contribution in [0.3, 0.4) is 0 Å². The lowest BCUT2D eigenvalue weighted by Crippen LogP contribution is -2.45. The van der Waals surface area contributed by atoms with Crippen LogP contribution in [-0.2, 0) is 0 Å². The molecule has 0 saturated carbocycles. The van der Waals surface area contributed by atoms with Gasteiger partial charge in [0.15, 0.2) is 0 Å². The second kappa shape index (κ2) is 7.67. The van der Waals surface area contributed by atoms with E-state index >= 15 is 0 Å². The Morgan fingerprint density at radius 1 is 1.38 bits per heavy atom. The molecular formula is C18H19ClN6O. The number of nitrogens with zero attached hydrogens (tertiary/aromatic N) is 5. The third kappa shape index (κ3) is 3.60. The highest BCUT2D eigenvalue weighted by molar-refractivity contribution is 6.32. The number of carbonyl (C=O) groups is 1. The van der Waals surface area contributed by atoms with Gasteiger partial charge in [-0.3, -0.25) is 4.79 Å². The van der Waals surface area contributed by atoms with E-state index in [9.17, 15) is 10.1 Å². The van der Waals surface area contributed by atoms with Crippen molar-refractivity contribution in [3.05, 3.63) is 46.1 Å². The van der Waals surface area contributed by atoms with Gasteiger partial charge in [-0.2, -0.15) is 5.26 Å². The Morgan fingerprint density at radius 2 is 2.12 bits per heavy atom. The summed E-state index contributed by atoms with van der Waals surface area (Å²) >= 11 is 6.22. The average Bonchev–Trinajstić information content (AvgIpc) is 2.67. The minimum absolute atomic E-state index is 0.0637. The molecule has 3 rings (SSSR count). The van der Waals surface area contributed by atoms with Crippen molar-refractivity contribution >= 4 is 23.3 Å². The third-order valence-electron chi connectivity index (χ3n) is 4.58. The zero-order valence-electron chi connectivity index (χ0n) is 14.7. The minimum Gasteiger partial charge on any atom is -0.355 e. The molecule has 0 aromatic carbocycles. The molecule has 1 aliphatic rings. The van der Waals surface area contributed by atoms with Crippen LogP contribution in [0.4, 0.5) is 5.82 Å². The molecule has 0 spiro atoms. The van der Waals surface area contributed by atoms with Crippen molar-refractivity contribution in [1.29, 1.82) is 5.26 Å². The Labute approximate surface area is 157 Å². The molecule has 2 aromatic heterocycles. The van der Waals surface area contributed by atoms with Crippen LogP contribution in [0.5, 0.6) is 0 Å². The van der Waals surface area contributed by atoms with Crippen molar-refractivity contribution in [2.75, 3.05) is 18.0 Å². The highest BCUT2D eigenvalue weighted by atomic mass is 35.5. The van der Waals surface area contributed by atoms with Gasteiger partial charge in [-0.1, -0.05) is 11.6 Å². The van der Waals surface area contributed by atoms with Crippen molar-refractivity contribution < 1.29 is 4.79 Å². The molecule has 7 nitrogen and oxygen atoms in total. The summed E-state index contributed by atoms with van der Waals surface area (Å²) in [6, 6.07) is 3.88. The van der Waals surface area contributed by atoms with E-state index in [-0.39, 0.29) is 11.9 Å². The zero-order chi connectivity index (χ0) is 18.7. The molecule has 2 aromatic rings. The number of aromatic nitrogens is 3. The maximum Gasteiger partial charge on any atom is 0.270 e. The molecule has 134 valence electrons. The maximum absolute atomic E-state index is 12.2. The molecule has 1 aliphatic heterocycles. The Balaban J connectivity index is 1.68. The third-order valence-corrected chi connectivity index (χ3v) is 5.13. The van der Waals surface area contributed by atoms with E-state index in [2.05, 4.69) is 31.2 Å². The quantitative estimate of drug-likeness (QED) is 0.891. The molecule has 8 heteroatoms. The van der Waals surface area contributed by atoms with Crippen LogP contribution in [0.15, 0.2) is 18.6 Å². The molecule has 1 amide bonds. The minimum atomic E-state index is -0.195. The molecule has 26 heavy (non-hydrogen) atoms. The highest BCUT2D eigenvalue weighted by Gasteiger charge is 2.25. The van der Waals surface area contributed by atoms with Crippen molar-refractivity contribution in [2.45, 2.75) is 32.7 Å².